The van der Waals surface area contributed by atoms with Crippen molar-refractivity contribution in [1.82, 2.24) is 9.47 Å². The minimum Gasteiger partial charge on any atom is -0.481 e. The topological polar surface area (TPSA) is 115 Å². The van der Waals surface area contributed by atoms with Crippen LogP contribution in [0.3, 0.4) is 0 Å². The monoisotopic (exact) mass is 524 g/mol. The highest BCUT2D eigenvalue weighted by Crippen LogP contribution is 2.35. The molecule has 1 fully saturated rings. The molecule has 188 valence electrons. The molecule has 1 saturated heterocycles. The Morgan fingerprint density at radius 2 is 1.94 bits per heavy atom. The summed E-state index contributed by atoms with van der Waals surface area (Å²) >= 11 is 6.51. The minimum atomic E-state index is -0.931. The van der Waals surface area contributed by atoms with Gasteiger partial charge in [-0.3, -0.25) is 23.9 Å². The molecule has 10 heteroatoms. The maximum Gasteiger partial charge on any atom is 0.303 e. The molecule has 2 aromatic rings. The standard InChI is InChI=1S/C26H28N4O4S2/c1-3-4-12-29-23(28-16-18-9-6-5-7-10-18)19(17(2)20(15-27)24(29)33)14-21-25(34)30(26(35)36-21)13-8-11-22(31)32/h5-7,9-10,14,28H,3-4,8,11-13,16H2,1-2H3,(H,31,32)/b21-14+. The van der Waals surface area contributed by atoms with E-state index in [0.29, 0.717) is 45.7 Å². The van der Waals surface area contributed by atoms with Gasteiger partial charge >= 0.3 is 5.97 Å². The van der Waals surface area contributed by atoms with Gasteiger partial charge < -0.3 is 10.4 Å². The molecule has 8 nitrogen and oxygen atoms in total. The Bertz CT molecular complexity index is 1300. The number of carboxylic acids is 1. The van der Waals surface area contributed by atoms with Gasteiger partial charge in [0.05, 0.1) is 4.91 Å². The maximum absolute atomic E-state index is 13.2. The lowest BCUT2D eigenvalue weighted by atomic mass is 10.0. The Labute approximate surface area is 219 Å². The van der Waals surface area contributed by atoms with Crippen molar-refractivity contribution in [2.75, 3.05) is 11.9 Å². The molecule has 1 aromatic heterocycles. The first kappa shape index (κ1) is 27.2. The van der Waals surface area contributed by atoms with Gasteiger partial charge in [0.2, 0.25) is 0 Å². The van der Waals surface area contributed by atoms with Crippen LogP contribution in [0.5, 0.6) is 0 Å². The molecule has 0 unspecified atom stereocenters. The molecule has 0 radical (unpaired) electrons. The third-order valence-electron chi connectivity index (χ3n) is 5.83. The number of rotatable bonds is 11. The predicted molar refractivity (Wildman–Crippen MR) is 146 cm³/mol. The van der Waals surface area contributed by atoms with Gasteiger partial charge in [-0.05, 0) is 37.0 Å². The summed E-state index contributed by atoms with van der Waals surface area (Å²) in [5.41, 5.74) is 1.77. The highest BCUT2D eigenvalue weighted by molar-refractivity contribution is 8.26. The van der Waals surface area contributed by atoms with E-state index in [1.807, 2.05) is 43.3 Å². The molecule has 1 aromatic carbocycles. The van der Waals surface area contributed by atoms with Crippen LogP contribution >= 0.6 is 24.0 Å². The lowest BCUT2D eigenvalue weighted by Crippen LogP contribution is -2.29. The van der Waals surface area contributed by atoms with Gasteiger partial charge in [0.1, 0.15) is 21.8 Å². The van der Waals surface area contributed by atoms with Crippen LogP contribution in [0.4, 0.5) is 5.82 Å². The molecule has 1 amide bonds. The van der Waals surface area contributed by atoms with Gasteiger partial charge in [-0.1, -0.05) is 67.7 Å². The number of carbonyl (C=O) groups is 2. The van der Waals surface area contributed by atoms with E-state index >= 15 is 0 Å². The number of thiocarbonyl (C=S) groups is 1. The first-order valence-electron chi connectivity index (χ1n) is 11.7. The van der Waals surface area contributed by atoms with E-state index in [1.165, 1.54) is 4.90 Å². The molecule has 1 aliphatic heterocycles. The molecule has 2 N–H and O–H groups in total. The fourth-order valence-electron chi connectivity index (χ4n) is 3.88. The lowest BCUT2D eigenvalue weighted by Gasteiger charge is -2.20. The van der Waals surface area contributed by atoms with Crippen LogP contribution in [0.1, 0.15) is 54.9 Å². The number of carbonyl (C=O) groups excluding carboxylic acids is 1. The van der Waals surface area contributed by atoms with E-state index in [0.717, 1.165) is 30.2 Å². The second-order valence-corrected chi connectivity index (χ2v) is 10.0. The van der Waals surface area contributed by atoms with Crippen molar-refractivity contribution in [3.8, 4) is 6.07 Å². The Hall–Kier alpha value is -3.42. The molecule has 36 heavy (non-hydrogen) atoms. The Kier molecular flexibility index (Phi) is 9.44. The zero-order valence-corrected chi connectivity index (χ0v) is 21.9. The number of benzene rings is 1. The maximum atomic E-state index is 13.2. The number of aromatic nitrogens is 1. The van der Waals surface area contributed by atoms with Gasteiger partial charge in [-0.2, -0.15) is 5.26 Å². The molecule has 0 bridgehead atoms. The van der Waals surface area contributed by atoms with Crippen LogP contribution in [0.2, 0.25) is 0 Å². The average molecular weight is 525 g/mol. The number of nitriles is 1. The lowest BCUT2D eigenvalue weighted by molar-refractivity contribution is -0.137. The fraction of sp³-hybridized carbons (Fsp3) is 0.346. The predicted octanol–water partition coefficient (Wildman–Crippen LogP) is 4.51. The number of nitrogens with one attached hydrogen (secondary N) is 1. The van der Waals surface area contributed by atoms with Crippen LogP contribution in [-0.4, -0.2) is 37.3 Å². The SMILES string of the molecule is CCCCn1c(NCc2ccccc2)c(/C=C2/SC(=S)N(CCCC(=O)O)C2=O)c(C)c(C#N)c1=O. The van der Waals surface area contributed by atoms with Crippen LogP contribution in [0.15, 0.2) is 40.0 Å². The third kappa shape index (κ3) is 6.22. The number of thioether (sulfide) groups is 1. The highest BCUT2D eigenvalue weighted by atomic mass is 32.2. The Balaban J connectivity index is 2.07. The zero-order chi connectivity index (χ0) is 26.2. The molecule has 3 rings (SSSR count). The van der Waals surface area contributed by atoms with E-state index in [2.05, 4.69) is 5.32 Å². The fourth-order valence-corrected chi connectivity index (χ4v) is 5.17. The summed E-state index contributed by atoms with van der Waals surface area (Å²) in [6.45, 7) is 4.83. The van der Waals surface area contributed by atoms with Crippen LogP contribution < -0.4 is 10.9 Å². The number of amides is 1. The number of nitrogens with zero attached hydrogens (tertiary/aromatic N) is 3. The summed E-state index contributed by atoms with van der Waals surface area (Å²) in [6, 6.07) is 11.8. The molecule has 1 aliphatic rings. The second kappa shape index (κ2) is 12.5. The molecular formula is C26H28N4O4S2. The van der Waals surface area contributed by atoms with Crippen molar-refractivity contribution < 1.29 is 14.7 Å². The number of hydrogen-bond donors (Lipinski definition) is 2. The number of pyridine rings is 1. The molecule has 0 atom stereocenters. The van der Waals surface area contributed by atoms with E-state index in [-0.39, 0.29) is 30.0 Å². The molecular weight excluding hydrogens is 496 g/mol. The number of anilines is 1. The van der Waals surface area contributed by atoms with Gasteiger partial charge in [0.25, 0.3) is 11.5 Å². The highest BCUT2D eigenvalue weighted by Gasteiger charge is 2.32. The van der Waals surface area contributed by atoms with E-state index in [4.69, 9.17) is 17.3 Å². The van der Waals surface area contributed by atoms with E-state index < -0.39 is 5.97 Å². The largest absolute Gasteiger partial charge is 0.481 e. The third-order valence-corrected chi connectivity index (χ3v) is 7.21. The van der Waals surface area contributed by atoms with E-state index in [9.17, 15) is 19.6 Å². The summed E-state index contributed by atoms with van der Waals surface area (Å²) in [5.74, 6) is -0.697. The van der Waals surface area contributed by atoms with Crippen LogP contribution in [0.25, 0.3) is 6.08 Å². The second-order valence-electron chi connectivity index (χ2n) is 8.35. The number of carboxylic acid groups (broad SMARTS) is 1. The number of unbranched alkanes of at least 4 members (excludes halogenated alkanes) is 1. The van der Waals surface area contributed by atoms with Crippen molar-refractivity contribution in [3.05, 3.63) is 67.8 Å². The Morgan fingerprint density at radius 3 is 2.58 bits per heavy atom. The van der Waals surface area contributed by atoms with Crippen molar-refractivity contribution >= 4 is 52.1 Å². The number of hydrogen-bond acceptors (Lipinski definition) is 7. The summed E-state index contributed by atoms with van der Waals surface area (Å²) in [4.78, 5) is 39.0. The van der Waals surface area contributed by atoms with Gasteiger partial charge in [0.15, 0.2) is 0 Å². The quantitative estimate of drug-likeness (QED) is 0.326. The van der Waals surface area contributed by atoms with Gasteiger partial charge in [0, 0.05) is 31.6 Å². The smallest absolute Gasteiger partial charge is 0.303 e. The molecule has 0 aliphatic carbocycles. The summed E-state index contributed by atoms with van der Waals surface area (Å²) in [5, 5.41) is 22.0. The first-order chi connectivity index (χ1) is 17.3. The van der Waals surface area contributed by atoms with Crippen molar-refractivity contribution in [3.63, 3.8) is 0 Å². The van der Waals surface area contributed by atoms with Crippen molar-refractivity contribution in [2.24, 2.45) is 0 Å². The summed E-state index contributed by atoms with van der Waals surface area (Å²) in [7, 11) is 0. The minimum absolute atomic E-state index is 0.0413. The molecule has 0 saturated carbocycles. The molecule has 2 heterocycles. The summed E-state index contributed by atoms with van der Waals surface area (Å²) < 4.78 is 1.94. The summed E-state index contributed by atoms with van der Waals surface area (Å²) in [6.07, 6.45) is 3.53. The zero-order valence-electron chi connectivity index (χ0n) is 20.2. The van der Waals surface area contributed by atoms with Crippen LogP contribution in [0, 0.1) is 18.3 Å². The Morgan fingerprint density at radius 1 is 1.22 bits per heavy atom. The van der Waals surface area contributed by atoms with Gasteiger partial charge in [-0.25, -0.2) is 0 Å². The van der Waals surface area contributed by atoms with Crippen molar-refractivity contribution in [2.45, 2.75) is 52.6 Å². The molecule has 0 spiro atoms. The normalized spacial score (nSPS) is 14.4. The average Bonchev–Trinajstić information content (AvgIpc) is 3.12. The first-order valence-corrected chi connectivity index (χ1v) is 12.9. The van der Waals surface area contributed by atoms with Gasteiger partial charge in [-0.15, -0.1) is 0 Å². The van der Waals surface area contributed by atoms with Crippen LogP contribution in [-0.2, 0) is 22.7 Å². The number of aliphatic carboxylic acids is 1. The van der Waals surface area contributed by atoms with E-state index in [1.54, 1.807) is 17.6 Å². The van der Waals surface area contributed by atoms with Crippen molar-refractivity contribution in [1.29, 1.82) is 5.26 Å².